The predicted octanol–water partition coefficient (Wildman–Crippen LogP) is 5.24. The molecule has 0 spiro atoms. The molecule has 2 aliphatic rings. The molecular weight excluding hydrogens is 386 g/mol. The molecular formula is C23H20ClN3O2. The summed E-state index contributed by atoms with van der Waals surface area (Å²) in [7, 11) is 0. The van der Waals surface area contributed by atoms with Crippen LogP contribution in [0.3, 0.4) is 0 Å². The first kappa shape index (κ1) is 18.0. The molecule has 0 radical (unpaired) electrons. The van der Waals surface area contributed by atoms with Crippen LogP contribution in [-0.2, 0) is 4.79 Å². The monoisotopic (exact) mass is 405 g/mol. The van der Waals surface area contributed by atoms with Crippen LogP contribution in [0, 0.1) is 6.92 Å². The number of halogens is 1. The van der Waals surface area contributed by atoms with Gasteiger partial charge in [-0.05, 0) is 43.5 Å². The fourth-order valence-electron chi connectivity index (χ4n) is 4.40. The fraction of sp³-hybridized carbons (Fsp3) is 0.217. The maximum Gasteiger partial charge on any atom is 0.163 e. The van der Waals surface area contributed by atoms with Crippen molar-refractivity contribution in [1.29, 1.82) is 0 Å². The summed E-state index contributed by atoms with van der Waals surface area (Å²) < 4.78 is 1.84. The molecule has 5 rings (SSSR count). The lowest BCUT2D eigenvalue weighted by atomic mass is 9.85. The zero-order chi connectivity index (χ0) is 20.1. The normalized spacial score (nSPS) is 18.3. The molecule has 1 aliphatic heterocycles. The Balaban J connectivity index is 1.76. The first-order valence-electron chi connectivity index (χ1n) is 9.71. The summed E-state index contributed by atoms with van der Waals surface area (Å²) in [6, 6.07) is 14.4. The molecule has 1 aromatic heterocycles. The van der Waals surface area contributed by atoms with Gasteiger partial charge in [0.1, 0.15) is 17.6 Å². The van der Waals surface area contributed by atoms with Crippen LogP contribution in [0.15, 0.2) is 59.8 Å². The minimum Gasteiger partial charge on any atom is -0.508 e. The van der Waals surface area contributed by atoms with Crippen molar-refractivity contribution in [3.05, 3.63) is 76.1 Å². The number of nitrogens with one attached hydrogen (secondary N) is 1. The third kappa shape index (κ3) is 2.85. The van der Waals surface area contributed by atoms with Crippen LogP contribution >= 0.6 is 11.6 Å². The highest BCUT2D eigenvalue weighted by atomic mass is 35.5. The van der Waals surface area contributed by atoms with Gasteiger partial charge >= 0.3 is 0 Å². The van der Waals surface area contributed by atoms with Crippen molar-refractivity contribution >= 4 is 23.2 Å². The van der Waals surface area contributed by atoms with Crippen molar-refractivity contribution in [3.8, 4) is 16.9 Å². The molecule has 5 nitrogen and oxygen atoms in total. The van der Waals surface area contributed by atoms with Crippen molar-refractivity contribution in [2.45, 2.75) is 32.2 Å². The summed E-state index contributed by atoms with van der Waals surface area (Å²) in [5.74, 6) is 1.11. The van der Waals surface area contributed by atoms with E-state index in [-0.39, 0.29) is 11.5 Å². The number of benzene rings is 2. The SMILES string of the molecule is Cc1nn2c(c1-c1ccc(Cl)cc1)NC1=C(C(=O)CCC1)[C@H]2c1ccccc1O. The number of allylic oxidation sites excluding steroid dienone is 2. The maximum atomic E-state index is 12.9. The quantitative estimate of drug-likeness (QED) is 0.611. The number of hydrogen-bond donors (Lipinski definition) is 2. The van der Waals surface area contributed by atoms with E-state index in [0.29, 0.717) is 22.6 Å². The molecule has 0 saturated heterocycles. The zero-order valence-corrected chi connectivity index (χ0v) is 16.7. The summed E-state index contributed by atoms with van der Waals surface area (Å²) >= 11 is 6.07. The molecule has 2 heterocycles. The minimum atomic E-state index is -0.449. The number of rotatable bonds is 2. The van der Waals surface area contributed by atoms with Crippen molar-refractivity contribution in [1.82, 2.24) is 9.78 Å². The van der Waals surface area contributed by atoms with Crippen LogP contribution in [0.1, 0.15) is 36.6 Å². The van der Waals surface area contributed by atoms with Gasteiger partial charge in [0.15, 0.2) is 5.78 Å². The van der Waals surface area contributed by atoms with Crippen LogP contribution in [0.25, 0.3) is 11.1 Å². The van der Waals surface area contributed by atoms with Crippen molar-refractivity contribution in [2.24, 2.45) is 0 Å². The Bertz CT molecular complexity index is 1160. The average molecular weight is 406 g/mol. The number of para-hydroxylation sites is 1. The highest BCUT2D eigenvalue weighted by Gasteiger charge is 2.38. The fourth-order valence-corrected chi connectivity index (χ4v) is 4.52. The van der Waals surface area contributed by atoms with E-state index in [0.717, 1.165) is 41.2 Å². The third-order valence-corrected chi connectivity index (χ3v) is 5.95. The summed E-state index contributed by atoms with van der Waals surface area (Å²) in [5, 5.41) is 19.5. The van der Waals surface area contributed by atoms with Gasteiger partial charge in [0.05, 0.1) is 5.69 Å². The Morgan fingerprint density at radius 3 is 2.66 bits per heavy atom. The second-order valence-electron chi connectivity index (χ2n) is 7.52. The van der Waals surface area contributed by atoms with Crippen LogP contribution in [0.4, 0.5) is 5.82 Å². The second-order valence-corrected chi connectivity index (χ2v) is 7.95. The maximum absolute atomic E-state index is 12.9. The lowest BCUT2D eigenvalue weighted by Gasteiger charge is -2.33. The number of phenolic OH excluding ortho intramolecular Hbond substituents is 1. The molecule has 1 aliphatic carbocycles. The van der Waals surface area contributed by atoms with Crippen LogP contribution in [0.2, 0.25) is 5.02 Å². The Morgan fingerprint density at radius 1 is 1.14 bits per heavy atom. The van der Waals surface area contributed by atoms with Gasteiger partial charge in [-0.1, -0.05) is 41.9 Å². The van der Waals surface area contributed by atoms with Gasteiger partial charge in [-0.3, -0.25) is 4.79 Å². The molecule has 3 aromatic rings. The Hall–Kier alpha value is -3.05. The molecule has 0 fully saturated rings. The molecule has 2 N–H and O–H groups in total. The summed E-state index contributed by atoms with van der Waals surface area (Å²) in [6.45, 7) is 1.96. The molecule has 1 atom stereocenters. The number of fused-ring (bicyclic) bond motifs is 1. The molecule has 2 aromatic carbocycles. The van der Waals surface area contributed by atoms with E-state index >= 15 is 0 Å². The Kier molecular flexibility index (Phi) is 4.21. The second kappa shape index (κ2) is 6.78. The average Bonchev–Trinajstić information content (AvgIpc) is 3.03. The zero-order valence-electron chi connectivity index (χ0n) is 15.9. The highest BCUT2D eigenvalue weighted by molar-refractivity contribution is 6.30. The summed E-state index contributed by atoms with van der Waals surface area (Å²) in [5.41, 5.74) is 5.15. The lowest BCUT2D eigenvalue weighted by molar-refractivity contribution is -0.116. The molecule has 0 bridgehead atoms. The van der Waals surface area contributed by atoms with Gasteiger partial charge in [-0.2, -0.15) is 5.10 Å². The van der Waals surface area contributed by atoms with Gasteiger partial charge in [-0.25, -0.2) is 4.68 Å². The number of aromatic hydroxyl groups is 1. The van der Waals surface area contributed by atoms with E-state index < -0.39 is 6.04 Å². The smallest absolute Gasteiger partial charge is 0.163 e. The van der Waals surface area contributed by atoms with Gasteiger partial charge < -0.3 is 10.4 Å². The number of carbonyl (C=O) groups excluding carboxylic acids is 1. The first-order chi connectivity index (χ1) is 14.0. The lowest BCUT2D eigenvalue weighted by Crippen LogP contribution is -2.31. The number of Topliss-reactive ketones (excluding diaryl/α,β-unsaturated/α-hetero) is 1. The van der Waals surface area contributed by atoms with Crippen LogP contribution in [-0.4, -0.2) is 20.7 Å². The first-order valence-corrected chi connectivity index (χ1v) is 10.1. The van der Waals surface area contributed by atoms with Gasteiger partial charge in [0.2, 0.25) is 0 Å². The number of anilines is 1. The number of aromatic nitrogens is 2. The Labute approximate surface area is 173 Å². The number of nitrogens with zero attached hydrogens (tertiary/aromatic N) is 2. The van der Waals surface area contributed by atoms with Crippen molar-refractivity contribution in [2.75, 3.05) is 5.32 Å². The van der Waals surface area contributed by atoms with E-state index in [2.05, 4.69) is 5.32 Å². The molecule has 146 valence electrons. The van der Waals surface area contributed by atoms with E-state index in [1.807, 2.05) is 48.0 Å². The number of hydrogen-bond acceptors (Lipinski definition) is 4. The largest absolute Gasteiger partial charge is 0.508 e. The molecule has 0 saturated carbocycles. The van der Waals surface area contributed by atoms with Crippen LogP contribution < -0.4 is 5.32 Å². The van der Waals surface area contributed by atoms with E-state index in [4.69, 9.17) is 16.7 Å². The third-order valence-electron chi connectivity index (χ3n) is 5.69. The number of carbonyl (C=O) groups is 1. The van der Waals surface area contributed by atoms with Crippen molar-refractivity contribution in [3.63, 3.8) is 0 Å². The van der Waals surface area contributed by atoms with Gasteiger partial charge in [0.25, 0.3) is 0 Å². The topological polar surface area (TPSA) is 67.2 Å². The predicted molar refractivity (Wildman–Crippen MR) is 113 cm³/mol. The standard InChI is InChI=1S/C23H20ClN3O2/c1-13-20(14-9-11-15(24)12-10-14)23-25-17-6-4-8-19(29)21(17)22(27(23)26-13)16-5-2-3-7-18(16)28/h2-3,5,7,9-12,22,25,28H,4,6,8H2,1H3/t22-/m1/s1. The van der Waals surface area contributed by atoms with Gasteiger partial charge in [0, 0.05) is 33.8 Å². The highest BCUT2D eigenvalue weighted by Crippen LogP contribution is 2.46. The minimum absolute atomic E-state index is 0.110. The molecule has 6 heteroatoms. The number of phenols is 1. The molecule has 0 unspecified atom stereocenters. The van der Waals surface area contributed by atoms with Crippen LogP contribution in [0.5, 0.6) is 5.75 Å². The molecule has 29 heavy (non-hydrogen) atoms. The van der Waals surface area contributed by atoms with Crippen molar-refractivity contribution < 1.29 is 9.90 Å². The van der Waals surface area contributed by atoms with Gasteiger partial charge in [-0.15, -0.1) is 0 Å². The van der Waals surface area contributed by atoms with E-state index in [1.165, 1.54) is 0 Å². The summed E-state index contributed by atoms with van der Waals surface area (Å²) in [4.78, 5) is 12.9. The van der Waals surface area contributed by atoms with E-state index in [9.17, 15) is 9.90 Å². The number of aryl methyl sites for hydroxylation is 1. The Morgan fingerprint density at radius 2 is 1.90 bits per heavy atom. The summed E-state index contributed by atoms with van der Waals surface area (Å²) in [6.07, 6.45) is 2.14. The molecule has 0 amide bonds. The van der Waals surface area contributed by atoms with E-state index in [1.54, 1.807) is 12.1 Å². The number of ketones is 1.